The Balaban J connectivity index is 1.53. The van der Waals surface area contributed by atoms with Gasteiger partial charge in [0.25, 0.3) is 5.69 Å². The molecular weight excluding hydrogens is 256 g/mol. The van der Waals surface area contributed by atoms with E-state index in [2.05, 4.69) is 4.90 Å². The molecule has 3 aliphatic rings. The molecule has 106 valence electrons. The molecule has 5 nitrogen and oxygen atoms in total. The van der Waals surface area contributed by atoms with Crippen LogP contribution in [0.5, 0.6) is 0 Å². The van der Waals surface area contributed by atoms with Crippen LogP contribution >= 0.6 is 0 Å². The summed E-state index contributed by atoms with van der Waals surface area (Å²) in [4.78, 5) is 12.7. The fourth-order valence-corrected chi connectivity index (χ4v) is 4.70. The van der Waals surface area contributed by atoms with Gasteiger partial charge in [-0.25, -0.2) is 0 Å². The van der Waals surface area contributed by atoms with E-state index in [1.165, 1.54) is 6.42 Å². The van der Waals surface area contributed by atoms with Crippen molar-refractivity contribution in [2.45, 2.75) is 18.9 Å². The van der Waals surface area contributed by atoms with E-state index >= 15 is 0 Å². The van der Waals surface area contributed by atoms with Gasteiger partial charge in [0.15, 0.2) is 0 Å². The van der Waals surface area contributed by atoms with Crippen molar-refractivity contribution in [2.75, 3.05) is 18.0 Å². The summed E-state index contributed by atoms with van der Waals surface area (Å²) in [6.07, 6.45) is 2.07. The molecule has 2 bridgehead atoms. The fraction of sp³-hybridized carbons (Fsp3) is 0.600. The molecule has 5 unspecified atom stereocenters. The first-order chi connectivity index (χ1) is 9.63. The molecule has 1 saturated heterocycles. The third-order valence-corrected chi connectivity index (χ3v) is 5.61. The summed E-state index contributed by atoms with van der Waals surface area (Å²) in [7, 11) is 0. The largest absolute Gasteiger partial charge is 0.393 e. The van der Waals surface area contributed by atoms with Crippen molar-refractivity contribution in [1.82, 2.24) is 0 Å². The van der Waals surface area contributed by atoms with Crippen LogP contribution in [-0.4, -0.2) is 29.2 Å². The van der Waals surface area contributed by atoms with Gasteiger partial charge in [-0.2, -0.15) is 0 Å². The summed E-state index contributed by atoms with van der Waals surface area (Å²) in [6.45, 7) is 2.02. The molecule has 5 heteroatoms. The molecule has 1 aromatic carbocycles. The minimum absolute atomic E-state index is 0.0990. The zero-order valence-electron chi connectivity index (χ0n) is 11.2. The predicted octanol–water partition coefficient (Wildman–Crippen LogP) is 2.05. The van der Waals surface area contributed by atoms with E-state index in [9.17, 15) is 15.2 Å². The Hall–Kier alpha value is -1.62. The summed E-state index contributed by atoms with van der Waals surface area (Å²) in [5.74, 6) is 2.48. The average Bonchev–Trinajstić information content (AvgIpc) is 3.08. The van der Waals surface area contributed by atoms with Crippen LogP contribution in [0.1, 0.15) is 12.8 Å². The van der Waals surface area contributed by atoms with E-state index in [1.54, 1.807) is 12.1 Å². The summed E-state index contributed by atoms with van der Waals surface area (Å²) in [5, 5.41) is 20.7. The average molecular weight is 274 g/mol. The van der Waals surface area contributed by atoms with Crippen molar-refractivity contribution in [1.29, 1.82) is 0 Å². The molecule has 20 heavy (non-hydrogen) atoms. The van der Waals surface area contributed by atoms with Crippen LogP contribution in [0.3, 0.4) is 0 Å². The van der Waals surface area contributed by atoms with Crippen LogP contribution in [0, 0.1) is 33.8 Å². The zero-order valence-corrected chi connectivity index (χ0v) is 11.2. The second-order valence-electron chi connectivity index (χ2n) is 6.47. The normalized spacial score (nSPS) is 38.2. The van der Waals surface area contributed by atoms with Gasteiger partial charge in [-0.1, -0.05) is 0 Å². The number of benzene rings is 1. The highest BCUT2D eigenvalue weighted by molar-refractivity contribution is 5.52. The summed E-state index contributed by atoms with van der Waals surface area (Å²) < 4.78 is 0. The predicted molar refractivity (Wildman–Crippen MR) is 74.5 cm³/mol. The molecule has 1 N–H and O–H groups in total. The number of nitrogens with zero attached hydrogens (tertiary/aromatic N) is 2. The Morgan fingerprint density at radius 3 is 2.50 bits per heavy atom. The Kier molecular flexibility index (Phi) is 2.54. The zero-order chi connectivity index (χ0) is 13.9. The van der Waals surface area contributed by atoms with Gasteiger partial charge in [0.1, 0.15) is 0 Å². The number of anilines is 1. The highest BCUT2D eigenvalue weighted by Gasteiger charge is 2.55. The Bertz CT molecular complexity index is 545. The molecule has 0 amide bonds. The lowest BCUT2D eigenvalue weighted by Crippen LogP contribution is -2.30. The third kappa shape index (κ3) is 1.66. The maximum absolute atomic E-state index is 10.7. The lowest BCUT2D eigenvalue weighted by molar-refractivity contribution is -0.384. The SMILES string of the molecule is O=[N+]([O-])c1ccc(N2CC3C4CC(O)C(C4)C3C2)cc1. The summed E-state index contributed by atoms with van der Waals surface area (Å²) >= 11 is 0. The van der Waals surface area contributed by atoms with E-state index in [4.69, 9.17) is 0 Å². The van der Waals surface area contributed by atoms with Crippen molar-refractivity contribution in [3.8, 4) is 0 Å². The fourth-order valence-electron chi connectivity index (χ4n) is 4.70. The Labute approximate surface area is 117 Å². The number of fused-ring (bicyclic) bond motifs is 5. The lowest BCUT2D eigenvalue weighted by Gasteiger charge is -2.26. The second-order valence-corrected chi connectivity index (χ2v) is 6.47. The van der Waals surface area contributed by atoms with Crippen LogP contribution in [-0.2, 0) is 0 Å². The van der Waals surface area contributed by atoms with E-state index in [0.717, 1.165) is 25.2 Å². The molecule has 0 spiro atoms. The van der Waals surface area contributed by atoms with Crippen molar-refractivity contribution < 1.29 is 10.0 Å². The molecule has 4 rings (SSSR count). The van der Waals surface area contributed by atoms with Gasteiger partial charge >= 0.3 is 0 Å². The number of aliphatic hydroxyl groups excluding tert-OH is 1. The van der Waals surface area contributed by atoms with E-state index in [1.807, 2.05) is 12.1 Å². The number of non-ortho nitro benzene ring substituents is 1. The van der Waals surface area contributed by atoms with Crippen molar-refractivity contribution in [2.24, 2.45) is 23.7 Å². The van der Waals surface area contributed by atoms with E-state index in [0.29, 0.717) is 23.7 Å². The van der Waals surface area contributed by atoms with Gasteiger partial charge in [-0.3, -0.25) is 10.1 Å². The molecule has 5 atom stereocenters. The topological polar surface area (TPSA) is 66.6 Å². The molecule has 2 aliphatic carbocycles. The van der Waals surface area contributed by atoms with Gasteiger partial charge in [0.05, 0.1) is 11.0 Å². The number of nitro benzene ring substituents is 1. The monoisotopic (exact) mass is 274 g/mol. The minimum Gasteiger partial charge on any atom is -0.393 e. The Morgan fingerprint density at radius 1 is 1.10 bits per heavy atom. The molecule has 1 aliphatic heterocycles. The maximum atomic E-state index is 10.7. The number of rotatable bonds is 2. The highest BCUT2D eigenvalue weighted by Crippen LogP contribution is 2.55. The van der Waals surface area contributed by atoms with Crippen LogP contribution in [0.25, 0.3) is 0 Å². The van der Waals surface area contributed by atoms with Gasteiger partial charge < -0.3 is 10.0 Å². The molecule has 0 aromatic heterocycles. The van der Waals surface area contributed by atoms with Crippen LogP contribution in [0.4, 0.5) is 11.4 Å². The molecule has 1 heterocycles. The van der Waals surface area contributed by atoms with Crippen LogP contribution in [0.2, 0.25) is 0 Å². The summed E-state index contributed by atoms with van der Waals surface area (Å²) in [6, 6.07) is 6.84. The molecule has 0 radical (unpaired) electrons. The number of aliphatic hydroxyl groups is 1. The van der Waals surface area contributed by atoms with E-state index < -0.39 is 0 Å². The van der Waals surface area contributed by atoms with Crippen LogP contribution in [0.15, 0.2) is 24.3 Å². The molecule has 3 fully saturated rings. The van der Waals surface area contributed by atoms with Crippen molar-refractivity contribution in [3.63, 3.8) is 0 Å². The van der Waals surface area contributed by atoms with E-state index in [-0.39, 0.29) is 16.7 Å². The van der Waals surface area contributed by atoms with Gasteiger partial charge in [-0.05, 0) is 48.6 Å². The smallest absolute Gasteiger partial charge is 0.269 e. The van der Waals surface area contributed by atoms with Gasteiger partial charge in [0, 0.05) is 30.9 Å². The number of nitro groups is 1. The van der Waals surface area contributed by atoms with Crippen molar-refractivity contribution >= 4 is 11.4 Å². The maximum Gasteiger partial charge on any atom is 0.269 e. The lowest BCUT2D eigenvalue weighted by atomic mass is 9.80. The number of hydrogen-bond donors (Lipinski definition) is 1. The quantitative estimate of drug-likeness (QED) is 0.662. The molecular formula is C15H18N2O3. The molecule has 1 aromatic rings. The number of hydrogen-bond acceptors (Lipinski definition) is 4. The van der Waals surface area contributed by atoms with Crippen molar-refractivity contribution in [3.05, 3.63) is 34.4 Å². The van der Waals surface area contributed by atoms with Gasteiger partial charge in [-0.15, -0.1) is 0 Å². The molecule has 2 saturated carbocycles. The minimum atomic E-state index is -0.362. The first kappa shape index (κ1) is 12.1. The summed E-state index contributed by atoms with van der Waals surface area (Å²) in [5.41, 5.74) is 1.21. The highest BCUT2D eigenvalue weighted by atomic mass is 16.6. The van der Waals surface area contributed by atoms with Crippen LogP contribution < -0.4 is 4.90 Å². The first-order valence-electron chi connectivity index (χ1n) is 7.31. The third-order valence-electron chi connectivity index (χ3n) is 5.61. The Morgan fingerprint density at radius 2 is 1.80 bits per heavy atom. The first-order valence-corrected chi connectivity index (χ1v) is 7.31. The second kappa shape index (κ2) is 4.19. The standard InChI is InChI=1S/C15H18N2O3/c18-15-6-9-5-12(15)14-8-16(7-13(9)14)10-1-3-11(4-2-10)17(19)20/h1-4,9,12-15,18H,5-8H2. The van der Waals surface area contributed by atoms with Gasteiger partial charge in [0.2, 0.25) is 0 Å².